The highest BCUT2D eigenvalue weighted by molar-refractivity contribution is 5.91. The minimum Gasteiger partial charge on any atom is -0.384 e. The van der Waals surface area contributed by atoms with Crippen molar-refractivity contribution in [2.24, 2.45) is 0 Å². The zero-order valence-corrected chi connectivity index (χ0v) is 13.8. The smallest absolute Gasteiger partial charge is 0.213 e. The van der Waals surface area contributed by atoms with E-state index in [9.17, 15) is 0 Å². The number of quaternary nitrogens is 1. The van der Waals surface area contributed by atoms with Crippen molar-refractivity contribution < 1.29 is 14.6 Å². The van der Waals surface area contributed by atoms with Gasteiger partial charge in [-0.1, -0.05) is 12.1 Å². The van der Waals surface area contributed by atoms with Crippen molar-refractivity contribution in [3.05, 3.63) is 35.5 Å². The van der Waals surface area contributed by atoms with Crippen molar-refractivity contribution in [3.63, 3.8) is 0 Å². The van der Waals surface area contributed by atoms with Crippen LogP contribution in [0.5, 0.6) is 0 Å². The Balaban J connectivity index is 1.45. The second-order valence-corrected chi connectivity index (χ2v) is 6.75. The molecule has 0 atom stereocenters. The highest BCUT2D eigenvalue weighted by Gasteiger charge is 2.24. The molecule has 0 amide bonds. The maximum Gasteiger partial charge on any atom is 0.213 e. The quantitative estimate of drug-likeness (QED) is 0.804. The molecule has 4 nitrogen and oxygen atoms in total. The van der Waals surface area contributed by atoms with Gasteiger partial charge in [0.15, 0.2) is 5.69 Å². The minimum atomic E-state index is 0.926. The Hall–Kier alpha value is -1.65. The number of fused-ring (bicyclic) bond motifs is 2. The fraction of sp³-hybridized carbons (Fsp3) is 0.526. The molecule has 1 saturated heterocycles. The number of para-hydroxylation sites is 1. The van der Waals surface area contributed by atoms with Crippen LogP contribution < -0.4 is 15.2 Å². The van der Waals surface area contributed by atoms with Crippen molar-refractivity contribution in [1.29, 1.82) is 0 Å². The number of ether oxygens (including phenoxy) is 1. The van der Waals surface area contributed by atoms with Crippen molar-refractivity contribution in [3.8, 4) is 0 Å². The van der Waals surface area contributed by atoms with Gasteiger partial charge in [-0.05, 0) is 18.9 Å². The zero-order chi connectivity index (χ0) is 15.5. The molecule has 2 heterocycles. The average molecular weight is 313 g/mol. The van der Waals surface area contributed by atoms with E-state index in [1.807, 2.05) is 0 Å². The fourth-order valence-electron chi connectivity index (χ4n) is 3.96. The summed E-state index contributed by atoms with van der Waals surface area (Å²) in [6.07, 6.45) is 4.88. The number of rotatable bonds is 5. The molecule has 1 fully saturated rings. The third kappa shape index (κ3) is 3.19. The van der Waals surface area contributed by atoms with Gasteiger partial charge in [-0.25, -0.2) is 4.98 Å². The van der Waals surface area contributed by atoms with E-state index in [0.717, 1.165) is 19.8 Å². The van der Waals surface area contributed by atoms with Gasteiger partial charge in [0, 0.05) is 31.0 Å². The molecule has 0 bridgehead atoms. The van der Waals surface area contributed by atoms with Crippen molar-refractivity contribution >= 4 is 16.6 Å². The number of hydrogen-bond donors (Lipinski definition) is 2. The number of benzene rings is 1. The second-order valence-electron chi connectivity index (χ2n) is 6.75. The highest BCUT2D eigenvalue weighted by Crippen LogP contribution is 2.31. The number of nitrogens with one attached hydrogen (secondary N) is 3. The van der Waals surface area contributed by atoms with Gasteiger partial charge < -0.3 is 15.0 Å². The highest BCUT2D eigenvalue weighted by atomic mass is 16.5. The third-order valence-electron chi connectivity index (χ3n) is 5.21. The van der Waals surface area contributed by atoms with E-state index < -0.39 is 0 Å². The Morgan fingerprint density at radius 2 is 2.00 bits per heavy atom. The first kappa shape index (κ1) is 14.9. The van der Waals surface area contributed by atoms with Gasteiger partial charge in [0.05, 0.1) is 30.8 Å². The summed E-state index contributed by atoms with van der Waals surface area (Å²) in [6.45, 7) is 6.49. The van der Waals surface area contributed by atoms with E-state index in [1.165, 1.54) is 73.2 Å². The fourth-order valence-corrected chi connectivity index (χ4v) is 3.96. The molecule has 4 heteroatoms. The lowest BCUT2D eigenvalue weighted by Gasteiger charge is -2.23. The molecule has 2 aliphatic rings. The minimum absolute atomic E-state index is 0.926. The number of H-pyrrole nitrogens is 1. The van der Waals surface area contributed by atoms with E-state index in [4.69, 9.17) is 4.74 Å². The molecule has 1 aliphatic heterocycles. The number of pyridine rings is 1. The molecule has 0 unspecified atom stereocenters. The number of aromatic nitrogens is 1. The van der Waals surface area contributed by atoms with Gasteiger partial charge >= 0.3 is 0 Å². The molecule has 1 aromatic heterocycles. The van der Waals surface area contributed by atoms with Crippen molar-refractivity contribution in [2.45, 2.75) is 25.7 Å². The molecule has 122 valence electrons. The number of anilines is 1. The lowest BCUT2D eigenvalue weighted by molar-refractivity contribution is -0.908. The van der Waals surface area contributed by atoms with Crippen LogP contribution in [0.2, 0.25) is 0 Å². The number of aromatic amines is 1. The van der Waals surface area contributed by atoms with Crippen LogP contribution in [-0.4, -0.2) is 39.4 Å². The Bertz CT molecular complexity index is 680. The molecular weight excluding hydrogens is 286 g/mol. The summed E-state index contributed by atoms with van der Waals surface area (Å²) in [5.74, 6) is 0. The van der Waals surface area contributed by atoms with Gasteiger partial charge in [0.25, 0.3) is 0 Å². The molecule has 23 heavy (non-hydrogen) atoms. The number of aryl methyl sites for hydroxylation is 1. The maximum absolute atomic E-state index is 5.43. The number of morpholine rings is 1. The molecule has 0 radical (unpaired) electrons. The average Bonchev–Trinajstić information content (AvgIpc) is 3.07. The number of hydrogen-bond acceptors (Lipinski definition) is 2. The van der Waals surface area contributed by atoms with Crippen LogP contribution in [0, 0.1) is 0 Å². The van der Waals surface area contributed by atoms with Gasteiger partial charge in [-0.15, -0.1) is 0 Å². The maximum atomic E-state index is 5.43. The van der Waals surface area contributed by atoms with Crippen LogP contribution in [0.3, 0.4) is 0 Å². The van der Waals surface area contributed by atoms with Crippen LogP contribution in [0.25, 0.3) is 10.9 Å². The molecule has 1 aromatic carbocycles. The first-order chi connectivity index (χ1) is 11.4. The van der Waals surface area contributed by atoms with Gasteiger partial charge in [0.1, 0.15) is 13.1 Å². The SMILES string of the molecule is c1ccc2c(NCCC[NH+]3CCOCC3)c3c([nH+]c2c1)CCC3. The van der Waals surface area contributed by atoms with E-state index in [1.54, 1.807) is 4.90 Å². The largest absolute Gasteiger partial charge is 0.384 e. The molecule has 1 aliphatic carbocycles. The summed E-state index contributed by atoms with van der Waals surface area (Å²) in [4.78, 5) is 5.32. The summed E-state index contributed by atoms with van der Waals surface area (Å²) in [5.41, 5.74) is 5.59. The lowest BCUT2D eigenvalue weighted by Crippen LogP contribution is -3.14. The first-order valence-corrected chi connectivity index (χ1v) is 9.03. The summed E-state index contributed by atoms with van der Waals surface area (Å²) in [5, 5.41) is 5.10. The summed E-state index contributed by atoms with van der Waals surface area (Å²) in [6, 6.07) is 8.68. The monoisotopic (exact) mass is 313 g/mol. The van der Waals surface area contributed by atoms with Gasteiger partial charge in [0.2, 0.25) is 5.52 Å². The Labute approximate surface area is 137 Å². The van der Waals surface area contributed by atoms with Crippen LogP contribution >= 0.6 is 0 Å². The molecule has 2 aromatic rings. The van der Waals surface area contributed by atoms with Gasteiger partial charge in [-0.2, -0.15) is 0 Å². The Morgan fingerprint density at radius 1 is 1.13 bits per heavy atom. The lowest BCUT2D eigenvalue weighted by atomic mass is 10.1. The second kappa shape index (κ2) is 6.85. The predicted octanol–water partition coefficient (Wildman–Crippen LogP) is 0.860. The normalized spacial score (nSPS) is 18.3. The van der Waals surface area contributed by atoms with Gasteiger partial charge in [-0.3, -0.25) is 0 Å². The molecular formula is C19H27N3O+2. The summed E-state index contributed by atoms with van der Waals surface area (Å²) < 4.78 is 5.43. The van der Waals surface area contributed by atoms with Crippen LogP contribution in [-0.2, 0) is 17.6 Å². The van der Waals surface area contributed by atoms with E-state index in [-0.39, 0.29) is 0 Å². The van der Waals surface area contributed by atoms with Crippen LogP contribution in [0.1, 0.15) is 24.1 Å². The Kier molecular flexibility index (Phi) is 4.44. The first-order valence-electron chi connectivity index (χ1n) is 9.03. The Morgan fingerprint density at radius 3 is 2.91 bits per heavy atom. The van der Waals surface area contributed by atoms with E-state index in [0.29, 0.717) is 0 Å². The van der Waals surface area contributed by atoms with E-state index in [2.05, 4.69) is 34.6 Å². The molecule has 0 spiro atoms. The van der Waals surface area contributed by atoms with Crippen LogP contribution in [0.15, 0.2) is 24.3 Å². The molecule has 3 N–H and O–H groups in total. The summed E-state index contributed by atoms with van der Waals surface area (Å²) in [7, 11) is 0. The molecule has 4 rings (SSSR count). The topological polar surface area (TPSA) is 39.8 Å². The van der Waals surface area contributed by atoms with Crippen LogP contribution in [0.4, 0.5) is 5.69 Å². The standard InChI is InChI=1S/C19H25N3O/c1-2-7-17-15(5-1)19(16-6-3-8-18(16)21-17)20-9-4-10-22-11-13-23-14-12-22/h1-2,5,7H,3-4,6,8-14H2,(H,20,21)/p+2. The zero-order valence-electron chi connectivity index (χ0n) is 13.8. The predicted molar refractivity (Wildman–Crippen MR) is 92.0 cm³/mol. The summed E-state index contributed by atoms with van der Waals surface area (Å²) >= 11 is 0. The molecule has 0 saturated carbocycles. The van der Waals surface area contributed by atoms with Crippen molar-refractivity contribution in [2.75, 3.05) is 44.7 Å². The van der Waals surface area contributed by atoms with Crippen molar-refractivity contribution in [1.82, 2.24) is 0 Å². The van der Waals surface area contributed by atoms with E-state index >= 15 is 0 Å². The third-order valence-corrected chi connectivity index (χ3v) is 5.21.